The second-order valence-corrected chi connectivity index (χ2v) is 5.24. The molecule has 0 aliphatic carbocycles. The van der Waals surface area contributed by atoms with E-state index in [9.17, 15) is 4.79 Å². The molecule has 0 radical (unpaired) electrons. The fourth-order valence-electron chi connectivity index (χ4n) is 2.85. The van der Waals surface area contributed by atoms with E-state index in [1.807, 2.05) is 24.4 Å². The third-order valence-corrected chi connectivity index (χ3v) is 3.97. The Morgan fingerprint density at radius 2 is 2.05 bits per heavy atom. The number of para-hydroxylation sites is 1. The zero-order valence-electron chi connectivity index (χ0n) is 12.1. The number of ether oxygens (including phenoxy) is 1. The van der Waals surface area contributed by atoms with Gasteiger partial charge in [0, 0.05) is 36.4 Å². The molecule has 1 saturated heterocycles. The van der Waals surface area contributed by atoms with Crippen LogP contribution in [0, 0.1) is 0 Å². The van der Waals surface area contributed by atoms with Crippen molar-refractivity contribution in [2.45, 2.75) is 18.9 Å². The van der Waals surface area contributed by atoms with Crippen molar-refractivity contribution < 1.29 is 9.53 Å². The van der Waals surface area contributed by atoms with Crippen LogP contribution in [0.15, 0.2) is 36.5 Å². The van der Waals surface area contributed by atoms with E-state index in [2.05, 4.69) is 32.1 Å². The Labute approximate surface area is 123 Å². The monoisotopic (exact) mass is 285 g/mol. The number of amides is 1. The maximum atomic E-state index is 11.3. The maximum Gasteiger partial charge on any atom is 0.407 e. The van der Waals surface area contributed by atoms with Crippen LogP contribution in [-0.4, -0.2) is 37.3 Å². The number of benzene rings is 1. The van der Waals surface area contributed by atoms with Gasteiger partial charge in [0.1, 0.15) is 0 Å². The number of hydrogen-bond acceptors (Lipinski definition) is 4. The Morgan fingerprint density at radius 1 is 1.29 bits per heavy atom. The van der Waals surface area contributed by atoms with Crippen LogP contribution in [0.5, 0.6) is 0 Å². The van der Waals surface area contributed by atoms with Crippen molar-refractivity contribution in [1.82, 2.24) is 10.3 Å². The number of fused-ring (bicyclic) bond motifs is 1. The molecule has 2 heterocycles. The number of nitrogens with one attached hydrogen (secondary N) is 1. The van der Waals surface area contributed by atoms with E-state index in [1.54, 1.807) is 0 Å². The first-order valence-electron chi connectivity index (χ1n) is 7.21. The van der Waals surface area contributed by atoms with Crippen molar-refractivity contribution in [1.29, 1.82) is 0 Å². The number of alkyl carbamates (subject to hydrolysis) is 1. The lowest BCUT2D eigenvalue weighted by Crippen LogP contribution is -2.44. The zero-order chi connectivity index (χ0) is 14.7. The molecule has 1 amide bonds. The van der Waals surface area contributed by atoms with Crippen molar-refractivity contribution in [3.8, 4) is 0 Å². The first kappa shape index (κ1) is 13.7. The summed E-state index contributed by atoms with van der Waals surface area (Å²) in [6.07, 6.45) is 3.36. The molecule has 0 saturated carbocycles. The topological polar surface area (TPSA) is 54.5 Å². The maximum absolute atomic E-state index is 11.3. The summed E-state index contributed by atoms with van der Waals surface area (Å²) >= 11 is 0. The number of aromatic nitrogens is 1. The highest BCUT2D eigenvalue weighted by Crippen LogP contribution is 2.27. The minimum Gasteiger partial charge on any atom is -0.453 e. The molecule has 1 N–H and O–H groups in total. The van der Waals surface area contributed by atoms with Crippen LogP contribution in [0.3, 0.4) is 0 Å². The van der Waals surface area contributed by atoms with Gasteiger partial charge in [0.15, 0.2) is 0 Å². The molecule has 0 atom stereocenters. The minimum absolute atomic E-state index is 0.196. The molecule has 1 aromatic heterocycles. The standard InChI is InChI=1S/C16H19N3O2/c1-21-16(20)18-12-7-10-19(11-8-12)15-6-9-17-14-5-3-2-4-13(14)15/h2-6,9,12H,7-8,10-11H2,1H3,(H,18,20). The molecule has 0 bridgehead atoms. The Morgan fingerprint density at radius 3 is 2.81 bits per heavy atom. The smallest absolute Gasteiger partial charge is 0.407 e. The highest BCUT2D eigenvalue weighted by molar-refractivity contribution is 5.91. The summed E-state index contributed by atoms with van der Waals surface area (Å²) < 4.78 is 4.65. The second-order valence-electron chi connectivity index (χ2n) is 5.24. The van der Waals surface area contributed by atoms with Gasteiger partial charge in [-0.1, -0.05) is 18.2 Å². The Bertz CT molecular complexity index is 631. The molecule has 5 nitrogen and oxygen atoms in total. The Balaban J connectivity index is 1.73. The summed E-state index contributed by atoms with van der Waals surface area (Å²) in [7, 11) is 1.40. The predicted octanol–water partition coefficient (Wildman–Crippen LogP) is 2.56. The van der Waals surface area contributed by atoms with Gasteiger partial charge in [-0.05, 0) is 25.0 Å². The molecular weight excluding hydrogens is 266 g/mol. The summed E-state index contributed by atoms with van der Waals surface area (Å²) in [6, 6.07) is 10.4. The van der Waals surface area contributed by atoms with Gasteiger partial charge in [0.25, 0.3) is 0 Å². The molecule has 3 rings (SSSR count). The lowest BCUT2D eigenvalue weighted by atomic mass is 10.0. The van der Waals surface area contributed by atoms with Gasteiger partial charge >= 0.3 is 6.09 Å². The molecule has 0 spiro atoms. The fourth-order valence-corrected chi connectivity index (χ4v) is 2.85. The number of methoxy groups -OCH3 is 1. The van der Waals surface area contributed by atoms with Crippen molar-refractivity contribution in [2.75, 3.05) is 25.1 Å². The number of pyridine rings is 1. The fraction of sp³-hybridized carbons (Fsp3) is 0.375. The molecule has 1 fully saturated rings. The molecule has 0 unspecified atom stereocenters. The van der Waals surface area contributed by atoms with E-state index >= 15 is 0 Å². The van der Waals surface area contributed by atoms with Crippen LogP contribution in [0.4, 0.5) is 10.5 Å². The molecule has 1 aromatic carbocycles. The molecule has 2 aromatic rings. The predicted molar refractivity (Wildman–Crippen MR) is 82.5 cm³/mol. The number of hydrogen-bond donors (Lipinski definition) is 1. The van der Waals surface area contributed by atoms with Crippen LogP contribution in [0.25, 0.3) is 10.9 Å². The zero-order valence-corrected chi connectivity index (χ0v) is 12.1. The van der Waals surface area contributed by atoms with Gasteiger partial charge < -0.3 is 15.0 Å². The SMILES string of the molecule is COC(=O)NC1CCN(c2ccnc3ccccc23)CC1. The average Bonchev–Trinajstić information content (AvgIpc) is 2.55. The summed E-state index contributed by atoms with van der Waals surface area (Å²) in [6.45, 7) is 1.84. The van der Waals surface area contributed by atoms with Gasteiger partial charge in [-0.3, -0.25) is 4.98 Å². The minimum atomic E-state index is -0.345. The van der Waals surface area contributed by atoms with Crippen LogP contribution in [0.1, 0.15) is 12.8 Å². The second kappa shape index (κ2) is 5.99. The number of carbonyl (C=O) groups is 1. The number of piperidine rings is 1. The summed E-state index contributed by atoms with van der Waals surface area (Å²) in [4.78, 5) is 18.0. The summed E-state index contributed by atoms with van der Waals surface area (Å²) in [5.74, 6) is 0. The van der Waals surface area contributed by atoms with Crippen LogP contribution < -0.4 is 10.2 Å². The summed E-state index contributed by atoms with van der Waals surface area (Å²) in [5, 5.41) is 4.06. The normalized spacial score (nSPS) is 16.0. The molecule has 110 valence electrons. The third-order valence-electron chi connectivity index (χ3n) is 3.97. The highest BCUT2D eigenvalue weighted by Gasteiger charge is 2.22. The lowest BCUT2D eigenvalue weighted by Gasteiger charge is -2.34. The number of nitrogens with zero attached hydrogens (tertiary/aromatic N) is 2. The summed E-state index contributed by atoms with van der Waals surface area (Å²) in [5.41, 5.74) is 2.24. The van der Waals surface area contributed by atoms with Gasteiger partial charge in [0.05, 0.1) is 12.6 Å². The van der Waals surface area contributed by atoms with E-state index in [0.717, 1.165) is 31.4 Å². The van der Waals surface area contributed by atoms with Crippen molar-refractivity contribution in [3.63, 3.8) is 0 Å². The van der Waals surface area contributed by atoms with E-state index in [-0.39, 0.29) is 12.1 Å². The number of carbonyl (C=O) groups excluding carboxylic acids is 1. The first-order chi connectivity index (χ1) is 10.3. The van der Waals surface area contributed by atoms with Crippen LogP contribution >= 0.6 is 0 Å². The van der Waals surface area contributed by atoms with Gasteiger partial charge in [-0.15, -0.1) is 0 Å². The Hall–Kier alpha value is -2.30. The Kier molecular flexibility index (Phi) is 3.90. The van der Waals surface area contributed by atoms with E-state index in [0.29, 0.717) is 0 Å². The molecule has 21 heavy (non-hydrogen) atoms. The van der Waals surface area contributed by atoms with E-state index < -0.39 is 0 Å². The van der Waals surface area contributed by atoms with Gasteiger partial charge in [0.2, 0.25) is 0 Å². The molecule has 1 aliphatic heterocycles. The average molecular weight is 285 g/mol. The largest absolute Gasteiger partial charge is 0.453 e. The van der Waals surface area contributed by atoms with Crippen LogP contribution in [-0.2, 0) is 4.74 Å². The van der Waals surface area contributed by atoms with Crippen molar-refractivity contribution >= 4 is 22.7 Å². The van der Waals surface area contributed by atoms with Gasteiger partial charge in [-0.2, -0.15) is 0 Å². The molecular formula is C16H19N3O2. The third kappa shape index (κ3) is 2.91. The van der Waals surface area contributed by atoms with E-state index in [1.165, 1.54) is 18.2 Å². The molecule has 1 aliphatic rings. The molecule has 5 heteroatoms. The quantitative estimate of drug-likeness (QED) is 0.921. The van der Waals surface area contributed by atoms with Crippen molar-refractivity contribution in [2.24, 2.45) is 0 Å². The van der Waals surface area contributed by atoms with E-state index in [4.69, 9.17) is 0 Å². The van der Waals surface area contributed by atoms with Crippen molar-refractivity contribution in [3.05, 3.63) is 36.5 Å². The number of anilines is 1. The highest BCUT2D eigenvalue weighted by atomic mass is 16.5. The lowest BCUT2D eigenvalue weighted by molar-refractivity contribution is 0.164. The van der Waals surface area contributed by atoms with Crippen LogP contribution in [0.2, 0.25) is 0 Å². The first-order valence-corrected chi connectivity index (χ1v) is 7.21. The van der Waals surface area contributed by atoms with Gasteiger partial charge in [-0.25, -0.2) is 4.79 Å². The number of rotatable bonds is 2.